The van der Waals surface area contributed by atoms with Gasteiger partial charge in [0.05, 0.1) is 11.2 Å². The first-order valence-corrected chi connectivity index (χ1v) is 5.56. The number of pyridine rings is 1. The fraction of sp³-hybridized carbons (Fsp3) is 0.0769. The highest BCUT2D eigenvalue weighted by atomic mass is 16.3. The molecular weight excluding hydrogens is 228 g/mol. The summed E-state index contributed by atoms with van der Waals surface area (Å²) in [5.41, 5.74) is 9.30. The molecule has 0 aliphatic heterocycles. The molecule has 0 atom stereocenters. The summed E-state index contributed by atoms with van der Waals surface area (Å²) in [6, 6.07) is 8.86. The van der Waals surface area contributed by atoms with E-state index in [-0.39, 0.29) is 5.75 Å². The van der Waals surface area contributed by atoms with Crippen LogP contribution in [0.15, 0.2) is 30.3 Å². The number of phenolic OH excluding ortho intramolecular Hbond substituents is 1. The van der Waals surface area contributed by atoms with Crippen LogP contribution < -0.4 is 5.73 Å². The Balaban J connectivity index is 2.16. The second-order valence-corrected chi connectivity index (χ2v) is 4.18. The predicted molar refractivity (Wildman–Crippen MR) is 70.1 cm³/mol. The number of nitrogen functional groups attached to an aromatic ring is 1. The largest absolute Gasteiger partial charge is 0.506 e. The van der Waals surface area contributed by atoms with Crippen LogP contribution >= 0.6 is 0 Å². The van der Waals surface area contributed by atoms with Crippen LogP contribution in [0.3, 0.4) is 0 Å². The molecular formula is C13H12N4O. The van der Waals surface area contributed by atoms with Gasteiger partial charge in [0.25, 0.3) is 0 Å². The molecule has 3 aromatic rings. The zero-order valence-corrected chi connectivity index (χ0v) is 9.81. The van der Waals surface area contributed by atoms with Crippen molar-refractivity contribution >= 4 is 16.9 Å². The molecule has 1 aromatic carbocycles. The van der Waals surface area contributed by atoms with Crippen molar-refractivity contribution in [3.63, 3.8) is 0 Å². The van der Waals surface area contributed by atoms with Crippen LogP contribution in [0.1, 0.15) is 5.69 Å². The van der Waals surface area contributed by atoms with E-state index in [0.717, 1.165) is 16.8 Å². The molecule has 0 saturated carbocycles. The van der Waals surface area contributed by atoms with Crippen LogP contribution in [0.5, 0.6) is 5.75 Å². The number of nitrogens with zero attached hydrogens (tertiary/aromatic N) is 2. The van der Waals surface area contributed by atoms with E-state index >= 15 is 0 Å². The third kappa shape index (κ3) is 1.66. The molecule has 0 bridgehead atoms. The maximum Gasteiger partial charge on any atom is 0.178 e. The van der Waals surface area contributed by atoms with Crippen LogP contribution in [0.4, 0.5) is 5.69 Å². The van der Waals surface area contributed by atoms with Gasteiger partial charge >= 0.3 is 0 Å². The molecule has 0 saturated heterocycles. The number of aromatic amines is 1. The molecule has 0 spiro atoms. The lowest BCUT2D eigenvalue weighted by atomic mass is 10.2. The van der Waals surface area contributed by atoms with E-state index in [1.165, 1.54) is 0 Å². The second-order valence-electron chi connectivity index (χ2n) is 4.18. The molecule has 0 aliphatic rings. The Morgan fingerprint density at radius 2 is 2.00 bits per heavy atom. The van der Waals surface area contributed by atoms with Gasteiger partial charge in [0.2, 0.25) is 0 Å². The van der Waals surface area contributed by atoms with Gasteiger partial charge in [-0.25, -0.2) is 9.97 Å². The quantitative estimate of drug-likeness (QED) is 0.449. The molecule has 0 aliphatic carbocycles. The number of anilines is 1. The lowest BCUT2D eigenvalue weighted by Gasteiger charge is -2.00. The third-order valence-corrected chi connectivity index (χ3v) is 2.79. The lowest BCUT2D eigenvalue weighted by Crippen LogP contribution is -1.87. The molecule has 2 aromatic heterocycles. The summed E-state index contributed by atoms with van der Waals surface area (Å²) in [5, 5.41) is 9.40. The highest BCUT2D eigenvalue weighted by Crippen LogP contribution is 2.26. The van der Waals surface area contributed by atoms with Crippen LogP contribution in [0.25, 0.3) is 22.6 Å². The Kier molecular flexibility index (Phi) is 2.19. The van der Waals surface area contributed by atoms with E-state index in [2.05, 4.69) is 15.0 Å². The van der Waals surface area contributed by atoms with Gasteiger partial charge in [0, 0.05) is 11.3 Å². The first-order chi connectivity index (χ1) is 8.63. The van der Waals surface area contributed by atoms with Gasteiger partial charge in [-0.1, -0.05) is 0 Å². The number of hydrogen-bond donors (Lipinski definition) is 3. The van der Waals surface area contributed by atoms with Gasteiger partial charge in [-0.15, -0.1) is 0 Å². The zero-order chi connectivity index (χ0) is 12.7. The van der Waals surface area contributed by atoms with Crippen LogP contribution in [-0.2, 0) is 0 Å². The fourth-order valence-electron chi connectivity index (χ4n) is 1.83. The van der Waals surface area contributed by atoms with E-state index in [1.807, 2.05) is 19.1 Å². The molecule has 0 amide bonds. The summed E-state index contributed by atoms with van der Waals surface area (Å²) in [7, 11) is 0. The third-order valence-electron chi connectivity index (χ3n) is 2.79. The number of rotatable bonds is 1. The number of imidazole rings is 1. The summed E-state index contributed by atoms with van der Waals surface area (Å²) in [6.45, 7) is 1.92. The average molecular weight is 240 g/mol. The van der Waals surface area contributed by atoms with E-state index < -0.39 is 0 Å². The van der Waals surface area contributed by atoms with Crippen LogP contribution in [0.2, 0.25) is 0 Å². The Hall–Kier alpha value is -2.56. The Bertz CT molecular complexity index is 733. The molecule has 4 N–H and O–H groups in total. The normalized spacial score (nSPS) is 10.9. The van der Waals surface area contributed by atoms with Crippen molar-refractivity contribution in [2.45, 2.75) is 6.92 Å². The van der Waals surface area contributed by atoms with Gasteiger partial charge in [-0.3, -0.25) is 0 Å². The number of hydrogen-bond acceptors (Lipinski definition) is 4. The maximum absolute atomic E-state index is 9.40. The standard InChI is InChI=1S/C13H12N4O/c1-7-2-4-10-13(15-7)17-12(16-10)8-3-5-11(18)9(14)6-8/h2-6,18H,14H2,1H3,(H,15,16,17). The van der Waals surface area contributed by atoms with Crippen molar-refractivity contribution in [2.75, 3.05) is 5.73 Å². The molecule has 90 valence electrons. The van der Waals surface area contributed by atoms with Crippen molar-refractivity contribution in [3.8, 4) is 17.1 Å². The monoisotopic (exact) mass is 240 g/mol. The Morgan fingerprint density at radius 1 is 1.17 bits per heavy atom. The van der Waals surface area contributed by atoms with Crippen molar-refractivity contribution in [1.29, 1.82) is 0 Å². The second kappa shape index (κ2) is 3.73. The summed E-state index contributed by atoms with van der Waals surface area (Å²) < 4.78 is 0. The molecule has 5 nitrogen and oxygen atoms in total. The minimum absolute atomic E-state index is 0.0730. The molecule has 0 radical (unpaired) electrons. The van der Waals surface area contributed by atoms with Crippen molar-refractivity contribution in [2.24, 2.45) is 0 Å². The Morgan fingerprint density at radius 3 is 2.78 bits per heavy atom. The smallest absolute Gasteiger partial charge is 0.178 e. The topological polar surface area (TPSA) is 87.8 Å². The van der Waals surface area contributed by atoms with Crippen molar-refractivity contribution < 1.29 is 5.11 Å². The average Bonchev–Trinajstić information content (AvgIpc) is 2.75. The van der Waals surface area contributed by atoms with E-state index in [1.54, 1.807) is 18.2 Å². The highest BCUT2D eigenvalue weighted by molar-refractivity contribution is 5.77. The van der Waals surface area contributed by atoms with Gasteiger partial charge in [0.1, 0.15) is 11.6 Å². The van der Waals surface area contributed by atoms with Gasteiger partial charge in [0.15, 0.2) is 5.65 Å². The van der Waals surface area contributed by atoms with Crippen molar-refractivity contribution in [1.82, 2.24) is 15.0 Å². The number of aromatic nitrogens is 3. The van der Waals surface area contributed by atoms with E-state index in [9.17, 15) is 5.11 Å². The van der Waals surface area contributed by atoms with E-state index in [0.29, 0.717) is 17.2 Å². The predicted octanol–water partition coefficient (Wildman–Crippen LogP) is 2.22. The minimum atomic E-state index is 0.0730. The molecule has 2 heterocycles. The number of nitrogens with one attached hydrogen (secondary N) is 1. The van der Waals surface area contributed by atoms with Gasteiger partial charge in [-0.05, 0) is 37.3 Å². The fourth-order valence-corrected chi connectivity index (χ4v) is 1.83. The molecule has 0 fully saturated rings. The molecule has 0 unspecified atom stereocenters. The summed E-state index contributed by atoms with van der Waals surface area (Å²) >= 11 is 0. The maximum atomic E-state index is 9.40. The molecule has 3 rings (SSSR count). The van der Waals surface area contributed by atoms with Gasteiger partial charge in [-0.2, -0.15) is 0 Å². The number of aryl methyl sites for hydroxylation is 1. The highest BCUT2D eigenvalue weighted by Gasteiger charge is 2.08. The van der Waals surface area contributed by atoms with Crippen LogP contribution in [-0.4, -0.2) is 20.1 Å². The molecule has 5 heteroatoms. The zero-order valence-electron chi connectivity index (χ0n) is 9.81. The van der Waals surface area contributed by atoms with E-state index in [4.69, 9.17) is 5.73 Å². The number of nitrogens with two attached hydrogens (primary N) is 1. The summed E-state index contributed by atoms with van der Waals surface area (Å²) in [6.07, 6.45) is 0. The number of H-pyrrole nitrogens is 1. The van der Waals surface area contributed by atoms with Gasteiger partial charge < -0.3 is 15.8 Å². The number of aromatic hydroxyl groups is 1. The summed E-state index contributed by atoms with van der Waals surface area (Å²) in [5.74, 6) is 0.763. The minimum Gasteiger partial charge on any atom is -0.506 e. The summed E-state index contributed by atoms with van der Waals surface area (Å²) in [4.78, 5) is 11.9. The number of phenols is 1. The first-order valence-electron chi connectivity index (χ1n) is 5.56. The van der Waals surface area contributed by atoms with Crippen molar-refractivity contribution in [3.05, 3.63) is 36.0 Å². The molecule has 18 heavy (non-hydrogen) atoms. The number of fused-ring (bicyclic) bond motifs is 1. The number of benzene rings is 1. The Labute approximate surface area is 103 Å². The first kappa shape index (κ1) is 10.6. The van der Waals surface area contributed by atoms with Crippen LogP contribution in [0, 0.1) is 6.92 Å². The SMILES string of the molecule is Cc1ccc2[nH]c(-c3ccc(O)c(N)c3)nc2n1. The lowest BCUT2D eigenvalue weighted by molar-refractivity contribution is 0.478.